The van der Waals surface area contributed by atoms with Gasteiger partial charge in [0, 0.05) is 39.0 Å². The van der Waals surface area contributed by atoms with E-state index in [1.54, 1.807) is 18.4 Å². The van der Waals surface area contributed by atoms with Crippen molar-refractivity contribution in [3.8, 4) is 5.75 Å². The van der Waals surface area contributed by atoms with Crippen LogP contribution in [0, 0.1) is 0 Å². The van der Waals surface area contributed by atoms with Gasteiger partial charge in [-0.15, -0.1) is 0 Å². The number of carbonyl (C=O) groups is 7. The van der Waals surface area contributed by atoms with Gasteiger partial charge in [0.05, 0.1) is 63.9 Å². The maximum absolute atomic E-state index is 12.4. The van der Waals surface area contributed by atoms with E-state index in [1.165, 1.54) is 12.1 Å². The van der Waals surface area contributed by atoms with Gasteiger partial charge in [-0.25, -0.2) is 9.59 Å². The van der Waals surface area contributed by atoms with Crippen molar-refractivity contribution < 1.29 is 72.3 Å². The Morgan fingerprint density at radius 1 is 0.514 bits per heavy atom. The second kappa shape index (κ2) is 42.6. The SMILES string of the molecule is N[C@H]([C]=O)CCCCNC(=O)[C@@H](N)CCCCNC(=O)COCCOCCNC(=O)COCCOCCNC(=O)CC[C@H](NC(=O)CCCCCCCCCCCOc1ccc(C(=O)O)cc1)C(=O)O. The van der Waals surface area contributed by atoms with E-state index in [0.29, 0.717) is 70.4 Å². The first kappa shape index (κ1) is 62.8. The van der Waals surface area contributed by atoms with Crippen LogP contribution < -0.4 is 42.8 Å². The predicted octanol–water partition coefficient (Wildman–Crippen LogP) is 1.65. The highest BCUT2D eigenvalue weighted by atomic mass is 16.5. The maximum Gasteiger partial charge on any atom is 0.335 e. The summed E-state index contributed by atoms with van der Waals surface area (Å²) in [5, 5.41) is 31.8. The van der Waals surface area contributed by atoms with Crippen molar-refractivity contribution >= 4 is 47.8 Å². The average molecular weight is 995 g/mol. The molecule has 0 spiro atoms. The largest absolute Gasteiger partial charge is 0.494 e. The molecule has 0 fully saturated rings. The van der Waals surface area contributed by atoms with Crippen molar-refractivity contribution in [3.63, 3.8) is 0 Å². The maximum atomic E-state index is 12.4. The number of benzene rings is 1. The third-order valence-electron chi connectivity index (χ3n) is 10.6. The summed E-state index contributed by atoms with van der Waals surface area (Å²) in [4.78, 5) is 93.6. The van der Waals surface area contributed by atoms with Crippen molar-refractivity contribution in [2.75, 3.05) is 85.6 Å². The van der Waals surface area contributed by atoms with Gasteiger partial charge in [0.25, 0.3) is 0 Å². The van der Waals surface area contributed by atoms with Crippen LogP contribution in [-0.4, -0.2) is 162 Å². The van der Waals surface area contributed by atoms with Gasteiger partial charge in [0.1, 0.15) is 25.0 Å². The van der Waals surface area contributed by atoms with E-state index in [2.05, 4.69) is 26.6 Å². The average Bonchev–Trinajstić information content (AvgIpc) is 3.34. The summed E-state index contributed by atoms with van der Waals surface area (Å²) in [5.74, 6) is -3.10. The van der Waals surface area contributed by atoms with Crippen molar-refractivity contribution in [2.45, 2.75) is 134 Å². The number of unbranched alkanes of at least 4 members (excludes halogenated alkanes) is 10. The number of carboxylic acids is 2. The van der Waals surface area contributed by atoms with Gasteiger partial charge < -0.3 is 71.9 Å². The molecule has 0 bridgehead atoms. The number of hydrogen-bond donors (Lipinski definition) is 9. The molecule has 22 nitrogen and oxygen atoms in total. The Labute approximate surface area is 412 Å². The van der Waals surface area contributed by atoms with Crippen LogP contribution in [0.5, 0.6) is 5.75 Å². The molecule has 1 aromatic carbocycles. The van der Waals surface area contributed by atoms with Gasteiger partial charge in [-0.05, 0) is 82.1 Å². The van der Waals surface area contributed by atoms with E-state index in [9.17, 15) is 43.5 Å². The summed E-state index contributed by atoms with van der Waals surface area (Å²) >= 11 is 0. The second-order valence-corrected chi connectivity index (χ2v) is 16.6. The molecule has 1 rings (SSSR count). The zero-order valence-corrected chi connectivity index (χ0v) is 40.8. The highest BCUT2D eigenvalue weighted by Gasteiger charge is 2.21. The topological polar surface area (TPSA) is 335 Å². The highest BCUT2D eigenvalue weighted by molar-refractivity contribution is 5.87. The fraction of sp³-hybridized carbons (Fsp3) is 0.708. The molecule has 1 radical (unpaired) electrons. The number of hydrogen-bond acceptors (Lipinski definition) is 15. The van der Waals surface area contributed by atoms with Crippen molar-refractivity contribution in [2.24, 2.45) is 11.5 Å². The quantitative estimate of drug-likeness (QED) is 0.0419. The minimum atomic E-state index is -1.20. The number of nitrogens with two attached hydrogens (primary N) is 2. The molecule has 1 aromatic rings. The van der Waals surface area contributed by atoms with Crippen LogP contribution >= 0.6 is 0 Å². The number of aromatic carboxylic acids is 1. The van der Waals surface area contributed by atoms with Gasteiger partial charge in [0.15, 0.2) is 0 Å². The molecule has 0 unspecified atom stereocenters. The number of amides is 5. The standard InChI is InChI=1S/C48H80N7O15/c49-38(34-56)14-9-11-24-54-46(61)40(50)15-10-12-23-51-44(59)35-68-32-31-67-29-26-53-45(60)36-69-33-30-66-28-25-52-42(57)22-21-41(48(64)65)55-43(58)16-8-6-4-2-1-3-5-7-13-27-70-39-19-17-37(18-20-39)47(62)63/h17-20,38,40-41H,1-16,21-33,35-36,49-50H2,(H,51,59)(H,52,57)(H,53,60)(H,54,61)(H,55,58)(H,62,63)(H,64,65)/t38-,40-,41-/m0/s1. The molecule has 397 valence electrons. The van der Waals surface area contributed by atoms with Gasteiger partial charge in [-0.2, -0.15) is 0 Å². The third kappa shape index (κ3) is 36.7. The summed E-state index contributed by atoms with van der Waals surface area (Å²) < 4.78 is 27.0. The van der Waals surface area contributed by atoms with E-state index in [0.717, 1.165) is 51.4 Å². The molecule has 70 heavy (non-hydrogen) atoms. The number of rotatable bonds is 47. The number of carboxylic acid groups (broad SMARTS) is 2. The fourth-order valence-corrected chi connectivity index (χ4v) is 6.53. The van der Waals surface area contributed by atoms with Crippen LogP contribution in [0.1, 0.15) is 126 Å². The van der Waals surface area contributed by atoms with E-state index < -0.39 is 30.1 Å². The summed E-state index contributed by atoms with van der Waals surface area (Å²) in [7, 11) is 0. The first-order valence-electron chi connectivity index (χ1n) is 24.6. The molecular weight excluding hydrogens is 915 g/mol. The van der Waals surface area contributed by atoms with Crippen LogP contribution in [0.3, 0.4) is 0 Å². The fourth-order valence-electron chi connectivity index (χ4n) is 6.53. The van der Waals surface area contributed by atoms with Gasteiger partial charge in [-0.3, -0.25) is 28.8 Å². The highest BCUT2D eigenvalue weighted by Crippen LogP contribution is 2.14. The Morgan fingerprint density at radius 2 is 1.03 bits per heavy atom. The third-order valence-corrected chi connectivity index (χ3v) is 10.6. The Morgan fingerprint density at radius 3 is 1.60 bits per heavy atom. The molecule has 3 atom stereocenters. The van der Waals surface area contributed by atoms with Crippen LogP contribution in [0.4, 0.5) is 0 Å². The molecule has 0 aliphatic heterocycles. The Bertz CT molecular complexity index is 1620. The molecule has 0 heterocycles. The van der Waals surface area contributed by atoms with Crippen LogP contribution in [-0.2, 0) is 52.5 Å². The van der Waals surface area contributed by atoms with E-state index >= 15 is 0 Å². The predicted molar refractivity (Wildman–Crippen MR) is 259 cm³/mol. The van der Waals surface area contributed by atoms with Crippen LogP contribution in [0.15, 0.2) is 24.3 Å². The second-order valence-electron chi connectivity index (χ2n) is 16.6. The lowest BCUT2D eigenvalue weighted by Gasteiger charge is -2.14. The Hall–Kier alpha value is -5.26. The Balaban J connectivity index is 1.91. The van der Waals surface area contributed by atoms with E-state index in [4.69, 9.17) is 40.3 Å². The van der Waals surface area contributed by atoms with Gasteiger partial charge in [0.2, 0.25) is 35.8 Å². The summed E-state index contributed by atoms with van der Waals surface area (Å²) in [5.41, 5.74) is 11.6. The lowest BCUT2D eigenvalue weighted by Crippen LogP contribution is -2.41. The molecule has 11 N–H and O–H groups in total. The number of nitrogens with one attached hydrogen (secondary N) is 5. The van der Waals surface area contributed by atoms with Gasteiger partial charge in [-0.1, -0.05) is 44.9 Å². The first-order valence-corrected chi connectivity index (χ1v) is 24.6. The van der Waals surface area contributed by atoms with Crippen molar-refractivity contribution in [3.05, 3.63) is 29.8 Å². The normalized spacial score (nSPS) is 12.3. The minimum Gasteiger partial charge on any atom is -0.494 e. The molecular formula is C48H80N7O15. The lowest BCUT2D eigenvalue weighted by molar-refractivity contribution is -0.142. The molecule has 0 aliphatic carbocycles. The minimum absolute atomic E-state index is 0.0493. The summed E-state index contributed by atoms with van der Waals surface area (Å²) in [6.07, 6.45) is 14.3. The zero-order valence-electron chi connectivity index (χ0n) is 40.8. The van der Waals surface area contributed by atoms with Crippen molar-refractivity contribution in [1.82, 2.24) is 26.6 Å². The van der Waals surface area contributed by atoms with Crippen molar-refractivity contribution in [1.29, 1.82) is 0 Å². The van der Waals surface area contributed by atoms with Gasteiger partial charge >= 0.3 is 11.9 Å². The monoisotopic (exact) mass is 995 g/mol. The summed E-state index contributed by atoms with van der Waals surface area (Å²) in [6, 6.07) is 3.96. The molecule has 22 heteroatoms. The number of carbonyl (C=O) groups excluding carboxylic acids is 6. The molecule has 5 amide bonds. The smallest absolute Gasteiger partial charge is 0.335 e. The zero-order chi connectivity index (χ0) is 51.5. The van der Waals surface area contributed by atoms with E-state index in [1.807, 2.05) is 0 Å². The van der Waals surface area contributed by atoms with Crippen LogP contribution in [0.25, 0.3) is 0 Å². The lowest BCUT2D eigenvalue weighted by atomic mass is 10.1. The number of ether oxygens (including phenoxy) is 5. The molecule has 0 saturated heterocycles. The molecule has 0 aliphatic rings. The Kier molecular flexibility index (Phi) is 38.2. The summed E-state index contributed by atoms with van der Waals surface area (Å²) in [6.45, 7) is 2.76. The first-order chi connectivity index (χ1) is 33.8. The van der Waals surface area contributed by atoms with E-state index in [-0.39, 0.29) is 120 Å². The van der Waals surface area contributed by atoms with Crippen LogP contribution in [0.2, 0.25) is 0 Å². The number of aliphatic carboxylic acids is 1. The molecule has 0 aromatic heterocycles. The molecule has 0 saturated carbocycles.